The van der Waals surface area contributed by atoms with E-state index < -0.39 is 0 Å². The molecule has 0 saturated carbocycles. The lowest BCUT2D eigenvalue weighted by Crippen LogP contribution is -2.29. The Hall–Kier alpha value is -3.51. The van der Waals surface area contributed by atoms with Gasteiger partial charge in [0.25, 0.3) is 11.8 Å². The summed E-state index contributed by atoms with van der Waals surface area (Å²) >= 11 is 5.98. The van der Waals surface area contributed by atoms with Crippen molar-refractivity contribution in [3.05, 3.63) is 94.5 Å². The molecule has 0 radical (unpaired) electrons. The Morgan fingerprint density at radius 3 is 2.16 bits per heavy atom. The first-order valence-corrected chi connectivity index (χ1v) is 10.2. The molecule has 0 heterocycles. The van der Waals surface area contributed by atoms with Gasteiger partial charge in [0.1, 0.15) is 18.1 Å². The second kappa shape index (κ2) is 11.0. The maximum Gasteiger partial charge on any atom is 0.251 e. The van der Waals surface area contributed by atoms with Gasteiger partial charge in [-0.2, -0.15) is 0 Å². The number of halogens is 1. The van der Waals surface area contributed by atoms with Crippen LogP contribution in [0.25, 0.3) is 0 Å². The number of phenolic OH excluding ortho intramolecular Hbond substituents is 1. The second-order valence-corrected chi connectivity index (χ2v) is 7.30. The molecule has 0 aliphatic carbocycles. The molecular formula is C24H23ClN2O4. The quantitative estimate of drug-likeness (QED) is 0.437. The van der Waals surface area contributed by atoms with Crippen LogP contribution in [0.15, 0.2) is 72.8 Å². The predicted molar refractivity (Wildman–Crippen MR) is 120 cm³/mol. The fraction of sp³-hybridized carbons (Fsp3) is 0.167. The van der Waals surface area contributed by atoms with Crippen molar-refractivity contribution in [2.24, 2.45) is 0 Å². The first-order chi connectivity index (χ1) is 15.0. The summed E-state index contributed by atoms with van der Waals surface area (Å²) in [6.45, 7) is 1.16. The summed E-state index contributed by atoms with van der Waals surface area (Å²) in [5, 5.41) is 15.6. The first-order valence-electron chi connectivity index (χ1n) is 9.84. The smallest absolute Gasteiger partial charge is 0.251 e. The summed E-state index contributed by atoms with van der Waals surface area (Å²) in [7, 11) is 0. The summed E-state index contributed by atoms with van der Waals surface area (Å²) < 4.78 is 5.75. The highest BCUT2D eigenvalue weighted by atomic mass is 35.5. The molecule has 6 nitrogen and oxygen atoms in total. The minimum atomic E-state index is -0.271. The van der Waals surface area contributed by atoms with Gasteiger partial charge in [0.05, 0.1) is 0 Å². The largest absolute Gasteiger partial charge is 0.508 e. The molecule has 0 saturated heterocycles. The second-order valence-electron chi connectivity index (χ2n) is 6.86. The molecule has 31 heavy (non-hydrogen) atoms. The predicted octanol–water partition coefficient (Wildman–Crippen LogP) is 4.17. The first kappa shape index (κ1) is 22.2. The number of nitrogens with one attached hydrogen (secondary N) is 2. The number of carbonyl (C=O) groups is 2. The fourth-order valence-corrected chi connectivity index (χ4v) is 3.08. The van der Waals surface area contributed by atoms with Crippen molar-refractivity contribution in [2.45, 2.75) is 13.0 Å². The summed E-state index contributed by atoms with van der Waals surface area (Å²) in [6.07, 6.45) is 0.571. The molecule has 0 unspecified atom stereocenters. The van der Waals surface area contributed by atoms with Crippen molar-refractivity contribution in [3.8, 4) is 11.5 Å². The van der Waals surface area contributed by atoms with E-state index >= 15 is 0 Å². The van der Waals surface area contributed by atoms with E-state index in [1.54, 1.807) is 42.5 Å². The van der Waals surface area contributed by atoms with Gasteiger partial charge in [-0.3, -0.25) is 9.59 Å². The fourth-order valence-electron chi connectivity index (χ4n) is 2.86. The number of phenols is 1. The van der Waals surface area contributed by atoms with Crippen LogP contribution in [0.3, 0.4) is 0 Å². The molecule has 3 aromatic rings. The Bertz CT molecular complexity index is 1060. The zero-order chi connectivity index (χ0) is 22.1. The third kappa shape index (κ3) is 7.04. The van der Waals surface area contributed by atoms with Crippen molar-refractivity contribution in [3.63, 3.8) is 0 Å². The number of hydrogen-bond donors (Lipinski definition) is 3. The minimum absolute atomic E-state index is 0.0405. The zero-order valence-electron chi connectivity index (χ0n) is 16.8. The highest BCUT2D eigenvalue weighted by Crippen LogP contribution is 2.17. The van der Waals surface area contributed by atoms with Gasteiger partial charge >= 0.3 is 0 Å². The molecule has 2 amide bonds. The monoisotopic (exact) mass is 438 g/mol. The number of carbonyl (C=O) groups excluding carboxylic acids is 2. The maximum atomic E-state index is 12.4. The summed E-state index contributed by atoms with van der Waals surface area (Å²) in [6, 6.07) is 20.5. The van der Waals surface area contributed by atoms with Crippen LogP contribution in [-0.2, 0) is 6.61 Å². The van der Waals surface area contributed by atoms with Gasteiger partial charge in [0.2, 0.25) is 0 Å². The SMILES string of the molecule is O=C(NCCCNC(=O)c1cccc(OCc2cccc(Cl)c2)c1)c1cccc(O)c1. The van der Waals surface area contributed by atoms with Crippen LogP contribution < -0.4 is 15.4 Å². The molecule has 0 fully saturated rings. The Morgan fingerprint density at radius 1 is 0.839 bits per heavy atom. The van der Waals surface area contributed by atoms with E-state index in [2.05, 4.69) is 10.6 Å². The molecule has 160 valence electrons. The summed E-state index contributed by atoms with van der Waals surface area (Å²) in [4.78, 5) is 24.4. The maximum absolute atomic E-state index is 12.4. The number of aromatic hydroxyl groups is 1. The molecular weight excluding hydrogens is 416 g/mol. The standard InChI is InChI=1S/C24H23ClN2O4/c25-20-8-1-5-17(13-20)16-31-22-10-3-7-19(15-22)24(30)27-12-4-11-26-23(29)18-6-2-9-21(28)14-18/h1-3,5-10,13-15,28H,4,11-12,16H2,(H,26,29)(H,27,30). The molecule has 3 aromatic carbocycles. The third-order valence-electron chi connectivity index (χ3n) is 4.42. The van der Waals surface area contributed by atoms with Gasteiger partial charge in [-0.15, -0.1) is 0 Å². The topological polar surface area (TPSA) is 87.7 Å². The van der Waals surface area contributed by atoms with Crippen LogP contribution in [0, 0.1) is 0 Å². The van der Waals surface area contributed by atoms with E-state index in [9.17, 15) is 14.7 Å². The van der Waals surface area contributed by atoms with E-state index in [1.165, 1.54) is 12.1 Å². The van der Waals surface area contributed by atoms with Crippen molar-refractivity contribution in [1.29, 1.82) is 0 Å². The lowest BCUT2D eigenvalue weighted by molar-refractivity contribution is 0.0951. The van der Waals surface area contributed by atoms with Crippen molar-refractivity contribution in [2.75, 3.05) is 13.1 Å². The van der Waals surface area contributed by atoms with Gasteiger partial charge in [-0.1, -0.05) is 35.9 Å². The number of ether oxygens (including phenoxy) is 1. The number of hydrogen-bond acceptors (Lipinski definition) is 4. The minimum Gasteiger partial charge on any atom is -0.508 e. The number of rotatable bonds is 9. The number of amides is 2. The van der Waals surface area contributed by atoms with Gasteiger partial charge in [-0.05, 0) is 60.5 Å². The average Bonchev–Trinajstić information content (AvgIpc) is 2.77. The molecule has 0 atom stereocenters. The van der Waals surface area contributed by atoms with Crippen molar-refractivity contribution in [1.82, 2.24) is 10.6 Å². The summed E-state index contributed by atoms with van der Waals surface area (Å²) in [5.74, 6) is 0.143. The summed E-state index contributed by atoms with van der Waals surface area (Å²) in [5.41, 5.74) is 1.82. The van der Waals surface area contributed by atoms with Crippen LogP contribution >= 0.6 is 11.6 Å². The van der Waals surface area contributed by atoms with E-state index in [4.69, 9.17) is 16.3 Å². The van der Waals surface area contributed by atoms with E-state index in [-0.39, 0.29) is 17.6 Å². The van der Waals surface area contributed by atoms with Crippen LogP contribution in [0.5, 0.6) is 11.5 Å². The van der Waals surface area contributed by atoms with Crippen molar-refractivity contribution < 1.29 is 19.4 Å². The third-order valence-corrected chi connectivity index (χ3v) is 4.66. The van der Waals surface area contributed by atoms with Gasteiger partial charge in [0.15, 0.2) is 0 Å². The lowest BCUT2D eigenvalue weighted by Gasteiger charge is -2.10. The van der Waals surface area contributed by atoms with E-state index in [1.807, 2.05) is 18.2 Å². The average molecular weight is 439 g/mol. The lowest BCUT2D eigenvalue weighted by atomic mass is 10.2. The van der Waals surface area contributed by atoms with E-state index in [0.29, 0.717) is 48.0 Å². The Morgan fingerprint density at radius 2 is 1.48 bits per heavy atom. The Balaban J connectivity index is 1.41. The molecule has 0 aliphatic rings. The Kier molecular flexibility index (Phi) is 7.90. The van der Waals surface area contributed by atoms with E-state index in [0.717, 1.165) is 5.56 Å². The Labute approximate surface area is 185 Å². The molecule has 3 rings (SSSR count). The molecule has 3 N–H and O–H groups in total. The van der Waals surface area contributed by atoms with Crippen LogP contribution in [0.2, 0.25) is 5.02 Å². The normalized spacial score (nSPS) is 10.4. The molecule has 7 heteroatoms. The molecule has 0 spiro atoms. The van der Waals surface area contributed by atoms with Crippen molar-refractivity contribution >= 4 is 23.4 Å². The van der Waals surface area contributed by atoms with Crippen LogP contribution in [0.1, 0.15) is 32.7 Å². The molecule has 0 aromatic heterocycles. The number of benzene rings is 3. The molecule has 0 bridgehead atoms. The highest BCUT2D eigenvalue weighted by Gasteiger charge is 2.08. The van der Waals surface area contributed by atoms with Crippen LogP contribution in [-0.4, -0.2) is 30.0 Å². The van der Waals surface area contributed by atoms with Crippen LogP contribution in [0.4, 0.5) is 0 Å². The van der Waals surface area contributed by atoms with Gasteiger partial charge < -0.3 is 20.5 Å². The van der Waals surface area contributed by atoms with Gasteiger partial charge in [-0.25, -0.2) is 0 Å². The molecule has 0 aliphatic heterocycles. The zero-order valence-corrected chi connectivity index (χ0v) is 17.6. The highest BCUT2D eigenvalue weighted by molar-refractivity contribution is 6.30. The van der Waals surface area contributed by atoms with Gasteiger partial charge in [0, 0.05) is 29.2 Å².